The van der Waals surface area contributed by atoms with E-state index in [0.717, 1.165) is 0 Å². The molecule has 0 bridgehead atoms. The number of carbonyl (C=O) groups excluding carboxylic acids is 1. The van der Waals surface area contributed by atoms with Crippen LogP contribution in [-0.2, 0) is 4.74 Å². The predicted molar refractivity (Wildman–Crippen MR) is 70.7 cm³/mol. The van der Waals surface area contributed by atoms with Gasteiger partial charge in [-0.25, -0.2) is 4.79 Å². The number of nitro benzene ring substituents is 1. The summed E-state index contributed by atoms with van der Waals surface area (Å²) in [4.78, 5) is 21.9. The predicted octanol–water partition coefficient (Wildman–Crippen LogP) is 2.41. The standard InChI is InChI=1S/C13H16N2O5/c1-13(2)7-20-12(16)14-11(13)8-4-5-10(19-3)9(6-8)15(17)18/h4-6,11H,7H2,1-3H3,(H,14,16)/t11-/m0/s1. The number of benzene rings is 1. The number of cyclic esters (lactones) is 1. The van der Waals surface area contributed by atoms with Crippen molar-refractivity contribution >= 4 is 11.8 Å². The first-order valence-corrected chi connectivity index (χ1v) is 6.11. The fourth-order valence-electron chi connectivity index (χ4n) is 2.25. The van der Waals surface area contributed by atoms with Gasteiger partial charge in [0.2, 0.25) is 0 Å². The minimum atomic E-state index is -0.521. The molecule has 1 aromatic rings. The van der Waals surface area contributed by atoms with Crippen LogP contribution in [0.5, 0.6) is 5.75 Å². The minimum Gasteiger partial charge on any atom is -0.490 e. The van der Waals surface area contributed by atoms with Crippen LogP contribution < -0.4 is 10.1 Å². The highest BCUT2D eigenvalue weighted by Gasteiger charge is 2.38. The number of hydrogen-bond acceptors (Lipinski definition) is 5. The Kier molecular flexibility index (Phi) is 3.52. The summed E-state index contributed by atoms with van der Waals surface area (Å²) in [5.41, 5.74) is 0.164. The van der Waals surface area contributed by atoms with Crippen LogP contribution in [0.3, 0.4) is 0 Å². The molecule has 0 unspecified atom stereocenters. The molecule has 1 aliphatic rings. The Balaban J connectivity index is 2.43. The summed E-state index contributed by atoms with van der Waals surface area (Å²) in [6, 6.07) is 4.32. The Labute approximate surface area is 116 Å². The van der Waals surface area contributed by atoms with Gasteiger partial charge in [-0.3, -0.25) is 10.1 Å². The summed E-state index contributed by atoms with van der Waals surface area (Å²) in [5, 5.41) is 13.8. The quantitative estimate of drug-likeness (QED) is 0.678. The Morgan fingerprint density at radius 3 is 2.80 bits per heavy atom. The van der Waals surface area contributed by atoms with Crippen molar-refractivity contribution in [2.45, 2.75) is 19.9 Å². The molecule has 108 valence electrons. The van der Waals surface area contributed by atoms with E-state index in [9.17, 15) is 14.9 Å². The van der Waals surface area contributed by atoms with Gasteiger partial charge in [0, 0.05) is 11.5 Å². The Morgan fingerprint density at radius 2 is 2.20 bits per heavy atom. The molecule has 0 aliphatic carbocycles. The average Bonchev–Trinajstić information content (AvgIpc) is 2.40. The molecule has 1 heterocycles. The van der Waals surface area contributed by atoms with E-state index in [4.69, 9.17) is 9.47 Å². The molecule has 0 radical (unpaired) electrons. The van der Waals surface area contributed by atoms with E-state index in [-0.39, 0.29) is 29.5 Å². The molecular formula is C13H16N2O5. The van der Waals surface area contributed by atoms with Crippen molar-refractivity contribution in [2.24, 2.45) is 5.41 Å². The van der Waals surface area contributed by atoms with Gasteiger partial charge in [-0.1, -0.05) is 19.9 Å². The lowest BCUT2D eigenvalue weighted by atomic mass is 9.80. The Bertz CT molecular complexity index is 556. The van der Waals surface area contributed by atoms with Crippen LogP contribution >= 0.6 is 0 Å². The molecule has 2 rings (SSSR count). The number of carbonyl (C=O) groups is 1. The van der Waals surface area contributed by atoms with Crippen LogP contribution in [0.2, 0.25) is 0 Å². The number of alkyl carbamates (subject to hydrolysis) is 1. The maximum absolute atomic E-state index is 11.4. The SMILES string of the molecule is COc1ccc([C@@H]2NC(=O)OCC2(C)C)cc1[N+](=O)[O-]. The normalized spacial score (nSPS) is 20.8. The molecule has 0 spiro atoms. The lowest BCUT2D eigenvalue weighted by Gasteiger charge is -2.38. The number of nitrogens with one attached hydrogen (secondary N) is 1. The van der Waals surface area contributed by atoms with Crippen LogP contribution in [0, 0.1) is 15.5 Å². The molecule has 0 aromatic heterocycles. The largest absolute Gasteiger partial charge is 0.490 e. The summed E-state index contributed by atoms with van der Waals surface area (Å²) in [6.07, 6.45) is -0.521. The maximum Gasteiger partial charge on any atom is 0.407 e. The van der Waals surface area contributed by atoms with Gasteiger partial charge in [0.15, 0.2) is 5.75 Å². The number of ether oxygens (including phenoxy) is 2. The number of amides is 1. The number of methoxy groups -OCH3 is 1. The van der Waals surface area contributed by atoms with Crippen LogP contribution in [-0.4, -0.2) is 24.7 Å². The highest BCUT2D eigenvalue weighted by atomic mass is 16.6. The molecule has 1 saturated heterocycles. The third kappa shape index (κ3) is 2.52. The zero-order valence-corrected chi connectivity index (χ0v) is 11.5. The van der Waals surface area contributed by atoms with Gasteiger partial charge in [0.05, 0.1) is 18.1 Å². The lowest BCUT2D eigenvalue weighted by molar-refractivity contribution is -0.385. The number of rotatable bonds is 3. The van der Waals surface area contributed by atoms with Crippen molar-refractivity contribution in [2.75, 3.05) is 13.7 Å². The third-order valence-electron chi connectivity index (χ3n) is 3.35. The monoisotopic (exact) mass is 280 g/mol. The van der Waals surface area contributed by atoms with Crippen molar-refractivity contribution in [3.05, 3.63) is 33.9 Å². The first-order valence-electron chi connectivity index (χ1n) is 6.11. The second-order valence-corrected chi connectivity index (χ2v) is 5.33. The summed E-state index contributed by atoms with van der Waals surface area (Å²) in [6.45, 7) is 4.10. The molecule has 1 fully saturated rings. The van der Waals surface area contributed by atoms with Crippen molar-refractivity contribution < 1.29 is 19.2 Å². The fraction of sp³-hybridized carbons (Fsp3) is 0.462. The molecule has 7 heteroatoms. The van der Waals surface area contributed by atoms with Crippen LogP contribution in [0.25, 0.3) is 0 Å². The minimum absolute atomic E-state index is 0.124. The van der Waals surface area contributed by atoms with Crippen LogP contribution in [0.1, 0.15) is 25.5 Å². The molecule has 1 atom stereocenters. The Morgan fingerprint density at radius 1 is 1.50 bits per heavy atom. The van der Waals surface area contributed by atoms with E-state index in [1.54, 1.807) is 6.07 Å². The van der Waals surface area contributed by atoms with Crippen molar-refractivity contribution in [1.29, 1.82) is 0 Å². The highest BCUT2D eigenvalue weighted by Crippen LogP contribution is 2.39. The summed E-state index contributed by atoms with van der Waals surface area (Å²) in [7, 11) is 1.38. The topological polar surface area (TPSA) is 90.7 Å². The average molecular weight is 280 g/mol. The maximum atomic E-state index is 11.4. The zero-order valence-electron chi connectivity index (χ0n) is 11.5. The second kappa shape index (κ2) is 4.99. The van der Waals surface area contributed by atoms with E-state index < -0.39 is 11.0 Å². The zero-order chi connectivity index (χ0) is 14.9. The molecule has 7 nitrogen and oxygen atoms in total. The molecule has 1 aromatic carbocycles. The van der Waals surface area contributed by atoms with Crippen molar-refractivity contribution in [1.82, 2.24) is 5.32 Å². The van der Waals surface area contributed by atoms with Gasteiger partial charge in [0.1, 0.15) is 6.61 Å². The molecule has 0 saturated carbocycles. The lowest BCUT2D eigenvalue weighted by Crippen LogP contribution is -2.46. The number of hydrogen-bond donors (Lipinski definition) is 1. The molecular weight excluding hydrogens is 264 g/mol. The summed E-state index contributed by atoms with van der Waals surface area (Å²) in [5.74, 6) is 0.190. The highest BCUT2D eigenvalue weighted by molar-refractivity contribution is 5.69. The molecule has 20 heavy (non-hydrogen) atoms. The first-order chi connectivity index (χ1) is 9.35. The number of nitrogens with zero attached hydrogens (tertiary/aromatic N) is 1. The fourth-order valence-corrected chi connectivity index (χ4v) is 2.25. The van der Waals surface area contributed by atoms with Gasteiger partial charge < -0.3 is 14.8 Å². The molecule has 1 N–H and O–H groups in total. The summed E-state index contributed by atoms with van der Waals surface area (Å²) >= 11 is 0. The van der Waals surface area contributed by atoms with E-state index in [2.05, 4.69) is 5.32 Å². The molecule has 1 amide bonds. The van der Waals surface area contributed by atoms with Gasteiger partial charge in [0.25, 0.3) is 0 Å². The van der Waals surface area contributed by atoms with E-state index in [1.807, 2.05) is 13.8 Å². The Hall–Kier alpha value is -2.31. The van der Waals surface area contributed by atoms with Crippen LogP contribution in [0.15, 0.2) is 18.2 Å². The van der Waals surface area contributed by atoms with Gasteiger partial charge in [-0.15, -0.1) is 0 Å². The molecule has 1 aliphatic heterocycles. The smallest absolute Gasteiger partial charge is 0.407 e. The van der Waals surface area contributed by atoms with Crippen LogP contribution in [0.4, 0.5) is 10.5 Å². The van der Waals surface area contributed by atoms with E-state index in [0.29, 0.717) is 5.56 Å². The first kappa shape index (κ1) is 14.1. The van der Waals surface area contributed by atoms with Crippen molar-refractivity contribution in [3.63, 3.8) is 0 Å². The third-order valence-corrected chi connectivity index (χ3v) is 3.35. The summed E-state index contributed by atoms with van der Waals surface area (Å²) < 4.78 is 9.93. The van der Waals surface area contributed by atoms with E-state index >= 15 is 0 Å². The van der Waals surface area contributed by atoms with Gasteiger partial charge >= 0.3 is 11.8 Å². The van der Waals surface area contributed by atoms with Gasteiger partial charge in [-0.05, 0) is 11.6 Å². The second-order valence-electron chi connectivity index (χ2n) is 5.33. The van der Waals surface area contributed by atoms with Crippen molar-refractivity contribution in [3.8, 4) is 5.75 Å². The number of nitro groups is 1. The van der Waals surface area contributed by atoms with Gasteiger partial charge in [-0.2, -0.15) is 0 Å². The van der Waals surface area contributed by atoms with E-state index in [1.165, 1.54) is 19.2 Å².